The highest BCUT2D eigenvalue weighted by molar-refractivity contribution is 7.92. The van der Waals surface area contributed by atoms with E-state index in [4.69, 9.17) is 0 Å². The number of benzene rings is 2. The molecule has 1 N–H and O–H groups in total. The van der Waals surface area contributed by atoms with Crippen LogP contribution in [0.1, 0.15) is 12.5 Å². The van der Waals surface area contributed by atoms with Gasteiger partial charge < -0.3 is 4.90 Å². The second-order valence-electron chi connectivity index (χ2n) is 5.14. The number of hydrogen-bond acceptors (Lipinski definition) is 3. The first kappa shape index (κ1) is 17.0. The van der Waals surface area contributed by atoms with Crippen LogP contribution in [-0.2, 0) is 14.8 Å². The van der Waals surface area contributed by atoms with E-state index in [0.29, 0.717) is 16.9 Å². The third-order valence-electron chi connectivity index (χ3n) is 3.42. The number of halogens is 1. The molecule has 0 saturated heterocycles. The maximum absolute atomic E-state index is 13.3. The molecule has 0 heterocycles. The van der Waals surface area contributed by atoms with Crippen LogP contribution >= 0.6 is 0 Å². The van der Waals surface area contributed by atoms with Crippen molar-refractivity contribution >= 4 is 27.3 Å². The lowest BCUT2D eigenvalue weighted by Gasteiger charge is -2.16. The third kappa shape index (κ3) is 3.87. The number of amides is 1. The molecule has 0 radical (unpaired) electrons. The predicted octanol–water partition coefficient (Wildman–Crippen LogP) is 2.92. The summed E-state index contributed by atoms with van der Waals surface area (Å²) >= 11 is 0. The first-order valence-corrected chi connectivity index (χ1v) is 8.32. The molecule has 0 atom stereocenters. The Morgan fingerprint density at radius 3 is 2.30 bits per heavy atom. The minimum Gasteiger partial charge on any atom is -0.316 e. The Bertz CT molecular complexity index is 833. The molecule has 122 valence electrons. The summed E-state index contributed by atoms with van der Waals surface area (Å²) in [5.74, 6) is -0.747. The molecule has 1 amide bonds. The van der Waals surface area contributed by atoms with E-state index in [0.717, 1.165) is 6.07 Å². The molecule has 0 unspecified atom stereocenters. The van der Waals surface area contributed by atoms with Crippen LogP contribution in [0.2, 0.25) is 0 Å². The van der Waals surface area contributed by atoms with E-state index in [1.54, 1.807) is 38.2 Å². The smallest absolute Gasteiger partial charge is 0.262 e. The van der Waals surface area contributed by atoms with Crippen molar-refractivity contribution in [2.45, 2.75) is 18.7 Å². The Morgan fingerprint density at radius 1 is 1.13 bits per heavy atom. The molecule has 0 fully saturated rings. The summed E-state index contributed by atoms with van der Waals surface area (Å²) in [4.78, 5) is 12.6. The van der Waals surface area contributed by atoms with Gasteiger partial charge in [-0.3, -0.25) is 9.52 Å². The molecule has 2 aromatic carbocycles. The van der Waals surface area contributed by atoms with Crippen molar-refractivity contribution in [3.8, 4) is 0 Å². The van der Waals surface area contributed by atoms with E-state index in [1.165, 1.54) is 24.0 Å². The van der Waals surface area contributed by atoms with Gasteiger partial charge in [0, 0.05) is 25.3 Å². The summed E-state index contributed by atoms with van der Waals surface area (Å²) in [7, 11) is -2.26. The monoisotopic (exact) mass is 336 g/mol. The quantitative estimate of drug-likeness (QED) is 0.933. The van der Waals surface area contributed by atoms with Gasteiger partial charge in [0.2, 0.25) is 5.91 Å². The molecule has 2 rings (SSSR count). The topological polar surface area (TPSA) is 66.5 Å². The zero-order chi connectivity index (χ0) is 17.2. The summed E-state index contributed by atoms with van der Waals surface area (Å²) in [5, 5.41) is 0. The Kier molecular flexibility index (Phi) is 4.70. The molecule has 23 heavy (non-hydrogen) atoms. The van der Waals surface area contributed by atoms with Gasteiger partial charge in [-0.2, -0.15) is 0 Å². The lowest BCUT2D eigenvalue weighted by atomic mass is 10.2. The summed E-state index contributed by atoms with van der Waals surface area (Å²) in [5.41, 5.74) is 1.42. The van der Waals surface area contributed by atoms with Crippen LogP contribution in [0, 0.1) is 12.7 Å². The van der Waals surface area contributed by atoms with Crippen LogP contribution in [0.25, 0.3) is 0 Å². The van der Waals surface area contributed by atoms with E-state index in [2.05, 4.69) is 4.72 Å². The molecular formula is C16H17FN2O3S. The highest BCUT2D eigenvalue weighted by Crippen LogP contribution is 2.22. The van der Waals surface area contributed by atoms with Crippen LogP contribution in [0.4, 0.5) is 15.8 Å². The fourth-order valence-corrected chi connectivity index (χ4v) is 3.32. The minimum atomic E-state index is -3.89. The van der Waals surface area contributed by atoms with Crippen LogP contribution in [0.15, 0.2) is 47.4 Å². The fraction of sp³-hybridized carbons (Fsp3) is 0.188. The van der Waals surface area contributed by atoms with Crippen molar-refractivity contribution in [3.05, 3.63) is 53.8 Å². The van der Waals surface area contributed by atoms with Gasteiger partial charge in [-0.1, -0.05) is 6.07 Å². The van der Waals surface area contributed by atoms with Gasteiger partial charge in [-0.25, -0.2) is 12.8 Å². The van der Waals surface area contributed by atoms with Gasteiger partial charge in [0.15, 0.2) is 0 Å². The van der Waals surface area contributed by atoms with Crippen molar-refractivity contribution in [3.63, 3.8) is 0 Å². The zero-order valence-electron chi connectivity index (χ0n) is 13.0. The number of nitrogens with zero attached hydrogens (tertiary/aromatic N) is 1. The summed E-state index contributed by atoms with van der Waals surface area (Å²) in [6, 6.07) is 9.93. The number of hydrogen-bond donors (Lipinski definition) is 1. The second-order valence-corrected chi connectivity index (χ2v) is 6.79. The van der Waals surface area contributed by atoms with E-state index < -0.39 is 15.8 Å². The van der Waals surface area contributed by atoms with Crippen molar-refractivity contribution in [1.29, 1.82) is 0 Å². The van der Waals surface area contributed by atoms with Crippen molar-refractivity contribution in [2.75, 3.05) is 16.7 Å². The molecule has 0 aliphatic rings. The van der Waals surface area contributed by atoms with Gasteiger partial charge in [-0.15, -0.1) is 0 Å². The molecule has 0 spiro atoms. The summed E-state index contributed by atoms with van der Waals surface area (Å²) < 4.78 is 40.4. The number of rotatable bonds is 4. The van der Waals surface area contributed by atoms with Crippen LogP contribution in [0.3, 0.4) is 0 Å². The van der Waals surface area contributed by atoms with Crippen LogP contribution < -0.4 is 9.62 Å². The summed E-state index contributed by atoms with van der Waals surface area (Å²) in [6.07, 6.45) is 0. The molecule has 0 bridgehead atoms. The van der Waals surface area contributed by atoms with Crippen molar-refractivity contribution < 1.29 is 17.6 Å². The average molecular weight is 336 g/mol. The highest BCUT2D eigenvalue weighted by atomic mass is 32.2. The van der Waals surface area contributed by atoms with Gasteiger partial charge in [0.05, 0.1) is 4.90 Å². The van der Waals surface area contributed by atoms with E-state index in [-0.39, 0.29) is 10.8 Å². The molecular weight excluding hydrogens is 319 g/mol. The number of sulfonamides is 1. The number of carbonyl (C=O) groups excluding carboxylic acids is 1. The van der Waals surface area contributed by atoms with Crippen LogP contribution in [0.5, 0.6) is 0 Å². The van der Waals surface area contributed by atoms with Crippen molar-refractivity contribution in [2.24, 2.45) is 0 Å². The molecule has 7 heteroatoms. The first-order valence-electron chi connectivity index (χ1n) is 6.84. The SMILES string of the molecule is CC(=O)N(C)c1ccc(NS(=O)(=O)c2cc(F)ccc2C)cc1. The molecule has 0 saturated carbocycles. The maximum atomic E-state index is 13.3. The van der Waals surface area contributed by atoms with Gasteiger partial charge >= 0.3 is 0 Å². The lowest BCUT2D eigenvalue weighted by Crippen LogP contribution is -2.22. The average Bonchev–Trinajstić information content (AvgIpc) is 2.49. The number of anilines is 2. The Balaban J connectivity index is 2.27. The van der Waals surface area contributed by atoms with Crippen molar-refractivity contribution in [1.82, 2.24) is 0 Å². The second kappa shape index (κ2) is 6.37. The van der Waals surface area contributed by atoms with E-state index >= 15 is 0 Å². The predicted molar refractivity (Wildman–Crippen MR) is 87.5 cm³/mol. The molecule has 0 aromatic heterocycles. The minimum absolute atomic E-state index is 0.109. The Hall–Kier alpha value is -2.41. The number of carbonyl (C=O) groups is 1. The van der Waals surface area contributed by atoms with Gasteiger partial charge in [0.1, 0.15) is 5.82 Å². The molecule has 0 aliphatic carbocycles. The first-order chi connectivity index (χ1) is 10.7. The Labute approximate surface area is 134 Å². The molecule has 0 aliphatic heterocycles. The number of nitrogens with one attached hydrogen (secondary N) is 1. The molecule has 5 nitrogen and oxygen atoms in total. The van der Waals surface area contributed by atoms with E-state index in [9.17, 15) is 17.6 Å². The van der Waals surface area contributed by atoms with E-state index in [1.807, 2.05) is 0 Å². The molecule has 2 aromatic rings. The largest absolute Gasteiger partial charge is 0.316 e. The Morgan fingerprint density at radius 2 is 1.74 bits per heavy atom. The standard InChI is InChI=1S/C16H17FN2O3S/c1-11-4-5-13(17)10-16(11)23(21,22)18-14-6-8-15(9-7-14)19(3)12(2)20/h4-10,18H,1-3H3. The number of aryl methyl sites for hydroxylation is 1. The van der Waals surface area contributed by atoms with Crippen LogP contribution in [-0.4, -0.2) is 21.4 Å². The normalized spacial score (nSPS) is 11.1. The lowest BCUT2D eigenvalue weighted by molar-refractivity contribution is -0.116. The summed E-state index contributed by atoms with van der Waals surface area (Å²) in [6.45, 7) is 3.03. The zero-order valence-corrected chi connectivity index (χ0v) is 13.8. The van der Waals surface area contributed by atoms with Gasteiger partial charge in [0.25, 0.3) is 10.0 Å². The fourth-order valence-electron chi connectivity index (χ4n) is 2.01. The highest BCUT2D eigenvalue weighted by Gasteiger charge is 2.18. The third-order valence-corrected chi connectivity index (χ3v) is 4.94. The van der Waals surface area contributed by atoms with Gasteiger partial charge in [-0.05, 0) is 48.9 Å². The maximum Gasteiger partial charge on any atom is 0.262 e.